The average molecular weight is 804 g/mol. The minimum Gasteiger partial charge on any atom is -0.379 e. The van der Waals surface area contributed by atoms with Gasteiger partial charge in [-0.2, -0.15) is 0 Å². The molecule has 1 heteroatoms. The molecular weight excluding hydrogens is 689 g/mol. The van der Waals surface area contributed by atoms with Crippen LogP contribution >= 0.6 is 0 Å². The van der Waals surface area contributed by atoms with Crippen LogP contribution in [0, 0.1) is 0 Å². The highest BCUT2D eigenvalue weighted by molar-refractivity contribution is 4.55. The molecule has 0 heterocycles. The minimum absolute atomic E-state index is 0.446. The van der Waals surface area contributed by atoms with E-state index in [1.165, 1.54) is 321 Å². The lowest BCUT2D eigenvalue weighted by atomic mass is 10.0. The largest absolute Gasteiger partial charge is 0.379 e. The Labute approximate surface area is 364 Å². The summed E-state index contributed by atoms with van der Waals surface area (Å²) in [5, 5.41) is 0. The van der Waals surface area contributed by atoms with Gasteiger partial charge in [-0.05, 0) is 19.8 Å². The van der Waals surface area contributed by atoms with E-state index >= 15 is 0 Å². The van der Waals surface area contributed by atoms with Crippen LogP contribution in [0.1, 0.15) is 348 Å². The molecule has 344 valence electrons. The third-order valence-electron chi connectivity index (χ3n) is 13.5. The Morgan fingerprint density at radius 2 is 0.351 bits per heavy atom. The van der Waals surface area contributed by atoms with Crippen molar-refractivity contribution >= 4 is 0 Å². The molecule has 0 aromatic heterocycles. The summed E-state index contributed by atoms with van der Waals surface area (Å²) in [5.41, 5.74) is 0. The molecule has 0 aliphatic heterocycles. The standard InChI is InChI=1S/C56H114O/c1-4-6-7-8-9-10-11-12-13-14-15-16-17-18-19-20-21-22-23-24-25-26-27-28-29-30-31-32-33-34-35-36-37-38-39-40-41-42-43-44-45-46-47-48-49-50-51-52-53-54-55-57-56(3)5-2/h56H,4-55H2,1-3H3. The van der Waals surface area contributed by atoms with E-state index in [4.69, 9.17) is 4.74 Å². The lowest BCUT2D eigenvalue weighted by Crippen LogP contribution is -2.07. The number of unbranched alkanes of at least 4 members (excludes halogenated alkanes) is 49. The van der Waals surface area contributed by atoms with Gasteiger partial charge in [-0.25, -0.2) is 0 Å². The van der Waals surface area contributed by atoms with Crippen molar-refractivity contribution in [1.29, 1.82) is 0 Å². The fourth-order valence-corrected chi connectivity index (χ4v) is 9.06. The van der Waals surface area contributed by atoms with Crippen LogP contribution in [0.25, 0.3) is 0 Å². The van der Waals surface area contributed by atoms with Gasteiger partial charge in [0.15, 0.2) is 0 Å². The first-order valence-electron chi connectivity index (χ1n) is 27.9. The van der Waals surface area contributed by atoms with Crippen molar-refractivity contribution in [3.05, 3.63) is 0 Å². The van der Waals surface area contributed by atoms with Crippen molar-refractivity contribution in [1.82, 2.24) is 0 Å². The van der Waals surface area contributed by atoms with Gasteiger partial charge in [-0.15, -0.1) is 0 Å². The summed E-state index contributed by atoms with van der Waals surface area (Å²) >= 11 is 0. The van der Waals surface area contributed by atoms with Crippen molar-refractivity contribution in [2.24, 2.45) is 0 Å². The maximum absolute atomic E-state index is 5.78. The van der Waals surface area contributed by atoms with Gasteiger partial charge in [0.25, 0.3) is 0 Å². The van der Waals surface area contributed by atoms with Crippen molar-refractivity contribution in [2.75, 3.05) is 6.61 Å². The molecule has 0 amide bonds. The van der Waals surface area contributed by atoms with Crippen LogP contribution in [-0.2, 0) is 4.74 Å². The third kappa shape index (κ3) is 53.9. The molecule has 57 heavy (non-hydrogen) atoms. The molecule has 0 N–H and O–H groups in total. The zero-order valence-corrected chi connectivity index (χ0v) is 40.8. The lowest BCUT2D eigenvalue weighted by Gasteiger charge is -2.09. The van der Waals surface area contributed by atoms with Crippen molar-refractivity contribution < 1.29 is 4.74 Å². The lowest BCUT2D eigenvalue weighted by molar-refractivity contribution is 0.0608. The molecule has 0 saturated carbocycles. The predicted octanol–water partition coefficient (Wildman–Crippen LogP) is 21.3. The second-order valence-corrected chi connectivity index (χ2v) is 19.4. The van der Waals surface area contributed by atoms with E-state index in [9.17, 15) is 0 Å². The molecule has 1 unspecified atom stereocenters. The quantitative estimate of drug-likeness (QED) is 0.0557. The van der Waals surface area contributed by atoms with Gasteiger partial charge < -0.3 is 4.74 Å². The van der Waals surface area contributed by atoms with Crippen molar-refractivity contribution in [3.8, 4) is 0 Å². The molecule has 1 nitrogen and oxygen atoms in total. The Balaban J connectivity index is 3.06. The van der Waals surface area contributed by atoms with E-state index in [-0.39, 0.29) is 0 Å². The zero-order chi connectivity index (χ0) is 41.1. The van der Waals surface area contributed by atoms with Crippen LogP contribution in [0.15, 0.2) is 0 Å². The molecule has 1 atom stereocenters. The smallest absolute Gasteiger partial charge is 0.0544 e. The summed E-state index contributed by atoms with van der Waals surface area (Å²) in [6.45, 7) is 7.68. The number of ether oxygens (including phenoxy) is 1. The van der Waals surface area contributed by atoms with Crippen molar-refractivity contribution in [2.45, 2.75) is 354 Å². The number of rotatable bonds is 53. The SMILES string of the molecule is CCCCCCCCCCCCCCCCCCCCCCCCCCCCCCCCCCCCCCCCCCCCCCCCCCCCOC(C)CC. The highest BCUT2D eigenvalue weighted by atomic mass is 16.5. The maximum Gasteiger partial charge on any atom is 0.0544 e. The van der Waals surface area contributed by atoms with Crippen LogP contribution in [0.2, 0.25) is 0 Å². The third-order valence-corrected chi connectivity index (χ3v) is 13.5. The van der Waals surface area contributed by atoms with Crippen LogP contribution in [-0.4, -0.2) is 12.7 Å². The normalized spacial score (nSPS) is 12.3. The van der Waals surface area contributed by atoms with Crippen LogP contribution in [0.4, 0.5) is 0 Å². The van der Waals surface area contributed by atoms with Gasteiger partial charge in [0.05, 0.1) is 6.10 Å². The first kappa shape index (κ1) is 57.0. The second-order valence-electron chi connectivity index (χ2n) is 19.4. The summed E-state index contributed by atoms with van der Waals surface area (Å²) in [6, 6.07) is 0. The fraction of sp³-hybridized carbons (Fsp3) is 1.00. The molecule has 0 aromatic rings. The molecule has 0 fully saturated rings. The van der Waals surface area contributed by atoms with Crippen molar-refractivity contribution in [3.63, 3.8) is 0 Å². The first-order chi connectivity index (χ1) is 28.3. The molecule has 0 rings (SSSR count). The molecule has 0 saturated heterocycles. The van der Waals surface area contributed by atoms with E-state index in [0.717, 1.165) is 13.0 Å². The average Bonchev–Trinajstić information content (AvgIpc) is 3.22. The Hall–Kier alpha value is -0.0400. The summed E-state index contributed by atoms with van der Waals surface area (Å²) in [6.07, 6.45) is 75.4. The highest BCUT2D eigenvalue weighted by Crippen LogP contribution is 2.19. The van der Waals surface area contributed by atoms with E-state index in [1.54, 1.807) is 0 Å². The Morgan fingerprint density at radius 1 is 0.211 bits per heavy atom. The Kier molecular flexibility index (Phi) is 53.9. The van der Waals surface area contributed by atoms with E-state index < -0.39 is 0 Å². The van der Waals surface area contributed by atoms with Gasteiger partial charge in [-0.1, -0.05) is 328 Å². The van der Waals surface area contributed by atoms with Crippen LogP contribution in [0.3, 0.4) is 0 Å². The maximum atomic E-state index is 5.78. The van der Waals surface area contributed by atoms with E-state index in [2.05, 4.69) is 20.8 Å². The first-order valence-corrected chi connectivity index (χ1v) is 27.9. The number of hydrogen-bond acceptors (Lipinski definition) is 1. The zero-order valence-electron chi connectivity index (χ0n) is 40.8. The van der Waals surface area contributed by atoms with Gasteiger partial charge in [-0.3, -0.25) is 0 Å². The van der Waals surface area contributed by atoms with Gasteiger partial charge in [0.2, 0.25) is 0 Å². The highest BCUT2D eigenvalue weighted by Gasteiger charge is 2.00. The Bertz CT molecular complexity index is 658. The fourth-order valence-electron chi connectivity index (χ4n) is 9.06. The number of hydrogen-bond donors (Lipinski definition) is 0. The molecule has 0 spiro atoms. The summed E-state index contributed by atoms with van der Waals surface area (Å²) < 4.78 is 5.78. The molecule has 0 aliphatic rings. The van der Waals surface area contributed by atoms with Crippen LogP contribution < -0.4 is 0 Å². The minimum atomic E-state index is 0.446. The molecule has 0 bridgehead atoms. The monoisotopic (exact) mass is 803 g/mol. The molecule has 0 aliphatic carbocycles. The topological polar surface area (TPSA) is 9.23 Å². The summed E-state index contributed by atoms with van der Waals surface area (Å²) in [4.78, 5) is 0. The second kappa shape index (κ2) is 54.0. The van der Waals surface area contributed by atoms with Gasteiger partial charge in [0, 0.05) is 6.61 Å². The summed E-state index contributed by atoms with van der Waals surface area (Å²) in [5.74, 6) is 0. The molecule has 0 aromatic carbocycles. The van der Waals surface area contributed by atoms with Gasteiger partial charge >= 0.3 is 0 Å². The Morgan fingerprint density at radius 3 is 0.491 bits per heavy atom. The van der Waals surface area contributed by atoms with E-state index in [0.29, 0.717) is 6.10 Å². The van der Waals surface area contributed by atoms with E-state index in [1.807, 2.05) is 0 Å². The summed E-state index contributed by atoms with van der Waals surface area (Å²) in [7, 11) is 0. The predicted molar refractivity (Wildman–Crippen MR) is 262 cm³/mol. The van der Waals surface area contributed by atoms with Crippen LogP contribution in [0.5, 0.6) is 0 Å². The molecular formula is C56H114O. The molecule has 0 radical (unpaired) electrons. The van der Waals surface area contributed by atoms with Gasteiger partial charge in [0.1, 0.15) is 0 Å².